The van der Waals surface area contributed by atoms with E-state index < -0.39 is 42.0 Å². The van der Waals surface area contributed by atoms with Gasteiger partial charge >= 0.3 is 41.6 Å². The zero-order valence-electron chi connectivity index (χ0n) is 18.2. The second-order valence-electron chi connectivity index (χ2n) is 7.97. The van der Waals surface area contributed by atoms with E-state index in [1.165, 1.54) is 42.6 Å². The van der Waals surface area contributed by atoms with Crippen LogP contribution in [0.25, 0.3) is 0 Å². The van der Waals surface area contributed by atoms with Crippen molar-refractivity contribution in [3.8, 4) is 0 Å². The van der Waals surface area contributed by atoms with Crippen LogP contribution >= 0.6 is 11.8 Å². The number of aliphatic carboxylic acids is 1. The SMILES string of the molecule is C[C@@H](O)[C@H]1C(=O)N2C(C(=O)[O-])=C(SC3CN(C)C(=NC(=O)C(F)(F)F)N(C)C3)[C@H](C)[C@H]12.[Na+]. The van der Waals surface area contributed by atoms with Gasteiger partial charge in [0, 0.05) is 43.3 Å². The number of amides is 2. The Kier molecular flexibility index (Phi) is 8.03. The zero-order chi connectivity index (χ0) is 23.4. The van der Waals surface area contributed by atoms with Gasteiger partial charge in [0.1, 0.15) is 0 Å². The van der Waals surface area contributed by atoms with Crippen molar-refractivity contribution in [1.82, 2.24) is 14.7 Å². The molecule has 0 aromatic carbocycles. The van der Waals surface area contributed by atoms with E-state index in [1.54, 1.807) is 6.92 Å². The van der Waals surface area contributed by atoms with Gasteiger partial charge in [-0.25, -0.2) is 0 Å². The number of aliphatic hydroxyl groups excluding tert-OH is 1. The van der Waals surface area contributed by atoms with Crippen molar-refractivity contribution in [1.29, 1.82) is 0 Å². The zero-order valence-corrected chi connectivity index (χ0v) is 21.0. The Bertz CT molecular complexity index is 867. The van der Waals surface area contributed by atoms with Crippen molar-refractivity contribution < 1.29 is 67.3 Å². The number of hydrogen-bond acceptors (Lipinski definition) is 6. The summed E-state index contributed by atoms with van der Waals surface area (Å²) in [6.45, 7) is 3.65. The van der Waals surface area contributed by atoms with Gasteiger partial charge in [-0.3, -0.25) is 9.59 Å². The molecule has 0 aliphatic carbocycles. The third-order valence-electron chi connectivity index (χ3n) is 5.68. The van der Waals surface area contributed by atoms with Crippen LogP contribution in [0, 0.1) is 11.8 Å². The molecule has 14 heteroatoms. The van der Waals surface area contributed by atoms with Crippen LogP contribution < -0.4 is 34.7 Å². The first-order valence-electron chi connectivity index (χ1n) is 9.51. The summed E-state index contributed by atoms with van der Waals surface area (Å²) in [4.78, 5) is 42.9. The number of hydrogen-bond donors (Lipinski definition) is 1. The molecule has 172 valence electrons. The van der Waals surface area contributed by atoms with E-state index in [0.29, 0.717) is 4.91 Å². The normalized spacial score (nSPS) is 28.8. The number of alkyl halides is 3. The fourth-order valence-corrected chi connectivity index (χ4v) is 5.97. The number of β-lactam (4-membered cyclic amide) rings is 1. The van der Waals surface area contributed by atoms with Crippen molar-refractivity contribution in [2.75, 3.05) is 27.2 Å². The maximum atomic E-state index is 12.6. The van der Waals surface area contributed by atoms with Gasteiger partial charge in [0.25, 0.3) is 0 Å². The molecule has 2 fully saturated rings. The van der Waals surface area contributed by atoms with E-state index in [2.05, 4.69) is 4.99 Å². The number of carbonyl (C=O) groups is 3. The Morgan fingerprint density at radius 1 is 1.25 bits per heavy atom. The molecule has 4 atom stereocenters. The van der Waals surface area contributed by atoms with Gasteiger partial charge in [-0.05, 0) is 6.92 Å². The maximum absolute atomic E-state index is 12.6. The molecule has 0 spiro atoms. The van der Waals surface area contributed by atoms with E-state index in [-0.39, 0.29) is 65.5 Å². The first kappa shape index (κ1) is 27.0. The molecule has 0 bridgehead atoms. The summed E-state index contributed by atoms with van der Waals surface area (Å²) in [6.07, 6.45) is -6.01. The Hall–Kier alpha value is -1.28. The number of carbonyl (C=O) groups excluding carboxylic acids is 3. The molecule has 0 aromatic heterocycles. The molecule has 0 radical (unpaired) electrons. The van der Waals surface area contributed by atoms with E-state index in [4.69, 9.17) is 0 Å². The van der Waals surface area contributed by atoms with Gasteiger partial charge in [0.15, 0.2) is 0 Å². The molecule has 3 aliphatic rings. The standard InChI is InChI=1S/C18H23F3N4O5S.Na/c1-7-11-10(8(2)26)14(27)25(11)12(15(28)29)13(7)31-9-5-23(3)17(24(4)6-9)22-16(30)18(19,20)21;/h7-11,26H,5-6H2,1-4H3,(H,28,29);/q;+1/p-1/t7-,8-,9?,10-,11-;/m1./s1. The second-order valence-corrected chi connectivity index (χ2v) is 9.31. The van der Waals surface area contributed by atoms with Crippen molar-refractivity contribution in [3.05, 3.63) is 10.6 Å². The summed E-state index contributed by atoms with van der Waals surface area (Å²) in [7, 11) is 2.97. The number of carboxylic acid groups (broad SMARTS) is 1. The number of carboxylic acids is 1. The van der Waals surface area contributed by atoms with Crippen molar-refractivity contribution in [2.24, 2.45) is 16.8 Å². The summed E-state index contributed by atoms with van der Waals surface area (Å²) in [5.41, 5.74) is -0.221. The molecular formula is C18H22F3N4NaO5S. The molecule has 2 saturated heterocycles. The van der Waals surface area contributed by atoms with Crippen molar-refractivity contribution >= 4 is 35.5 Å². The molecule has 32 heavy (non-hydrogen) atoms. The van der Waals surface area contributed by atoms with E-state index in [1.807, 2.05) is 0 Å². The van der Waals surface area contributed by atoms with Gasteiger partial charge in [-0.2, -0.15) is 18.2 Å². The number of aliphatic hydroxyl groups is 1. The number of guanidine groups is 1. The molecule has 0 unspecified atom stereocenters. The number of fused-ring (bicyclic) bond motifs is 1. The molecule has 9 nitrogen and oxygen atoms in total. The second kappa shape index (κ2) is 9.53. The fourth-order valence-electron chi connectivity index (χ4n) is 4.37. The Morgan fingerprint density at radius 3 is 2.22 bits per heavy atom. The van der Waals surface area contributed by atoms with Gasteiger partial charge in [-0.15, -0.1) is 11.8 Å². The van der Waals surface area contributed by atoms with Crippen LogP contribution in [0.5, 0.6) is 0 Å². The smallest absolute Gasteiger partial charge is 0.543 e. The Balaban J connectivity index is 0.00000363. The molecule has 1 N–H and O–H groups in total. The third-order valence-corrected chi connectivity index (χ3v) is 7.13. The minimum Gasteiger partial charge on any atom is -0.543 e. The molecule has 3 aliphatic heterocycles. The largest absolute Gasteiger partial charge is 1.00 e. The monoisotopic (exact) mass is 486 g/mol. The van der Waals surface area contributed by atoms with Gasteiger partial charge < -0.3 is 29.7 Å². The molecular weight excluding hydrogens is 464 g/mol. The van der Waals surface area contributed by atoms with E-state index in [9.17, 15) is 37.8 Å². The number of nitrogens with zero attached hydrogens (tertiary/aromatic N) is 4. The molecule has 0 saturated carbocycles. The average molecular weight is 486 g/mol. The predicted molar refractivity (Wildman–Crippen MR) is 102 cm³/mol. The van der Waals surface area contributed by atoms with Crippen LogP contribution in [0.4, 0.5) is 13.2 Å². The summed E-state index contributed by atoms with van der Waals surface area (Å²) >= 11 is 1.21. The first-order chi connectivity index (χ1) is 14.3. The van der Waals surface area contributed by atoms with Crippen LogP contribution in [0.1, 0.15) is 13.8 Å². The van der Waals surface area contributed by atoms with Gasteiger partial charge in [0.05, 0.1) is 29.7 Å². The summed E-state index contributed by atoms with van der Waals surface area (Å²) in [5.74, 6) is -5.37. The third kappa shape index (κ3) is 4.67. The van der Waals surface area contributed by atoms with Gasteiger partial charge in [-0.1, -0.05) is 6.92 Å². The van der Waals surface area contributed by atoms with Crippen LogP contribution in [-0.4, -0.2) is 94.3 Å². The van der Waals surface area contributed by atoms with Crippen LogP contribution in [0.2, 0.25) is 0 Å². The number of thioether (sulfide) groups is 1. The van der Waals surface area contributed by atoms with Crippen molar-refractivity contribution in [3.63, 3.8) is 0 Å². The van der Waals surface area contributed by atoms with Gasteiger partial charge in [0.2, 0.25) is 11.9 Å². The van der Waals surface area contributed by atoms with Crippen LogP contribution in [-0.2, 0) is 14.4 Å². The molecule has 3 heterocycles. The quantitative estimate of drug-likeness (QED) is 0.318. The molecule has 3 rings (SSSR count). The summed E-state index contributed by atoms with van der Waals surface area (Å²) < 4.78 is 37.7. The average Bonchev–Trinajstić information content (AvgIpc) is 2.86. The van der Waals surface area contributed by atoms with Crippen LogP contribution in [0.15, 0.2) is 15.6 Å². The molecule has 0 aromatic rings. The maximum Gasteiger partial charge on any atom is 1.00 e. The van der Waals surface area contributed by atoms with Crippen LogP contribution in [0.3, 0.4) is 0 Å². The first-order valence-corrected chi connectivity index (χ1v) is 10.4. The number of halogens is 3. The summed E-state index contributed by atoms with van der Waals surface area (Å²) in [5, 5.41) is 21.4. The Labute approximate surface area is 209 Å². The minimum absolute atomic E-state index is 0. The Morgan fingerprint density at radius 2 is 1.78 bits per heavy atom. The van der Waals surface area contributed by atoms with E-state index in [0.717, 1.165) is 4.90 Å². The topological polar surface area (TPSA) is 117 Å². The summed E-state index contributed by atoms with van der Waals surface area (Å²) in [6, 6.07) is -0.483. The minimum atomic E-state index is -5.07. The number of rotatable bonds is 4. The molecule has 2 amide bonds. The fraction of sp³-hybridized carbons (Fsp3) is 0.667. The number of aliphatic imine (C=N–C) groups is 1. The van der Waals surface area contributed by atoms with Crippen molar-refractivity contribution in [2.45, 2.75) is 37.4 Å². The predicted octanol–water partition coefficient (Wildman–Crippen LogP) is -3.77. The van der Waals surface area contributed by atoms with E-state index >= 15 is 0 Å².